The maximum Gasteiger partial charge on any atom is 0.0224 e. The topological polar surface area (TPSA) is 15.3 Å². The molecule has 116 valence electrons. The number of nitrogens with one attached hydrogen (secondary N) is 1. The Labute approximate surface area is 125 Å². The Balaban J connectivity index is 1.52. The molecule has 2 nitrogen and oxygen atoms in total. The van der Waals surface area contributed by atoms with Crippen molar-refractivity contribution in [3.63, 3.8) is 0 Å². The van der Waals surface area contributed by atoms with Crippen LogP contribution in [0.2, 0.25) is 0 Å². The third kappa shape index (κ3) is 3.57. The Hall–Kier alpha value is -0.0800. The molecular weight excluding hydrogens is 244 g/mol. The quantitative estimate of drug-likeness (QED) is 0.847. The summed E-state index contributed by atoms with van der Waals surface area (Å²) in [6, 6.07) is 1.52. The number of hydrogen-bond donors (Lipinski definition) is 1. The third-order valence-corrected chi connectivity index (χ3v) is 6.24. The van der Waals surface area contributed by atoms with Crippen molar-refractivity contribution in [3.05, 3.63) is 0 Å². The van der Waals surface area contributed by atoms with Crippen LogP contribution in [0.15, 0.2) is 0 Å². The summed E-state index contributed by atoms with van der Waals surface area (Å²) in [7, 11) is 0. The molecule has 0 aromatic carbocycles. The van der Waals surface area contributed by atoms with Gasteiger partial charge >= 0.3 is 0 Å². The van der Waals surface area contributed by atoms with Gasteiger partial charge in [0.25, 0.3) is 0 Å². The van der Waals surface area contributed by atoms with Crippen LogP contribution in [0.1, 0.15) is 65.2 Å². The van der Waals surface area contributed by atoms with E-state index in [9.17, 15) is 0 Å². The van der Waals surface area contributed by atoms with Crippen LogP contribution in [0.4, 0.5) is 0 Å². The molecule has 3 fully saturated rings. The second kappa shape index (κ2) is 6.79. The summed E-state index contributed by atoms with van der Waals surface area (Å²) in [4.78, 5) is 2.82. The SMILES string of the molecule is CC1CCC(CN2CC(C3CCCCC3)NCC2C)C1. The summed E-state index contributed by atoms with van der Waals surface area (Å²) in [5.41, 5.74) is 0. The van der Waals surface area contributed by atoms with E-state index in [2.05, 4.69) is 24.1 Å². The Morgan fingerprint density at radius 2 is 1.80 bits per heavy atom. The highest BCUT2D eigenvalue weighted by Crippen LogP contribution is 2.33. The molecule has 0 aromatic heterocycles. The van der Waals surface area contributed by atoms with Crippen molar-refractivity contribution in [2.45, 2.75) is 77.3 Å². The first-order valence-corrected chi connectivity index (χ1v) is 9.20. The molecule has 3 aliphatic rings. The van der Waals surface area contributed by atoms with Gasteiger partial charge in [-0.15, -0.1) is 0 Å². The zero-order valence-corrected chi connectivity index (χ0v) is 13.6. The Morgan fingerprint density at radius 3 is 2.50 bits per heavy atom. The Bertz CT molecular complexity index is 298. The fraction of sp³-hybridized carbons (Fsp3) is 1.00. The van der Waals surface area contributed by atoms with Crippen LogP contribution in [0.5, 0.6) is 0 Å². The predicted molar refractivity (Wildman–Crippen MR) is 85.9 cm³/mol. The first kappa shape index (κ1) is 14.8. The summed E-state index contributed by atoms with van der Waals surface area (Å²) >= 11 is 0. The van der Waals surface area contributed by atoms with Gasteiger partial charge < -0.3 is 5.32 Å². The van der Waals surface area contributed by atoms with Crippen molar-refractivity contribution in [2.75, 3.05) is 19.6 Å². The average molecular weight is 278 g/mol. The number of rotatable bonds is 3. The first-order chi connectivity index (χ1) is 9.72. The molecule has 0 bridgehead atoms. The van der Waals surface area contributed by atoms with Crippen molar-refractivity contribution in [3.8, 4) is 0 Å². The highest BCUT2D eigenvalue weighted by atomic mass is 15.2. The van der Waals surface area contributed by atoms with Gasteiger partial charge in [-0.1, -0.05) is 32.6 Å². The lowest BCUT2D eigenvalue weighted by Gasteiger charge is -2.43. The van der Waals surface area contributed by atoms with Crippen LogP contribution < -0.4 is 5.32 Å². The Morgan fingerprint density at radius 1 is 1.00 bits per heavy atom. The molecule has 1 saturated heterocycles. The van der Waals surface area contributed by atoms with E-state index < -0.39 is 0 Å². The predicted octanol–water partition coefficient (Wildman–Crippen LogP) is 3.67. The van der Waals surface area contributed by atoms with Crippen molar-refractivity contribution < 1.29 is 0 Å². The van der Waals surface area contributed by atoms with Gasteiger partial charge in [0.05, 0.1) is 0 Å². The van der Waals surface area contributed by atoms with Gasteiger partial charge in [-0.25, -0.2) is 0 Å². The second-order valence-corrected chi connectivity index (χ2v) is 8.00. The van der Waals surface area contributed by atoms with Crippen LogP contribution in [0.3, 0.4) is 0 Å². The molecule has 2 saturated carbocycles. The molecule has 2 heteroatoms. The molecule has 3 rings (SSSR count). The first-order valence-electron chi connectivity index (χ1n) is 9.20. The van der Waals surface area contributed by atoms with Crippen molar-refractivity contribution >= 4 is 0 Å². The van der Waals surface area contributed by atoms with Gasteiger partial charge in [0.15, 0.2) is 0 Å². The van der Waals surface area contributed by atoms with E-state index in [1.807, 2.05) is 0 Å². The van der Waals surface area contributed by atoms with Crippen molar-refractivity contribution in [1.29, 1.82) is 0 Å². The molecule has 0 radical (unpaired) electrons. The van der Waals surface area contributed by atoms with E-state index in [-0.39, 0.29) is 0 Å². The van der Waals surface area contributed by atoms with Crippen LogP contribution in [0.25, 0.3) is 0 Å². The fourth-order valence-corrected chi connectivity index (χ4v) is 4.88. The van der Waals surface area contributed by atoms with Gasteiger partial charge in [-0.05, 0) is 50.4 Å². The average Bonchev–Trinajstić information content (AvgIpc) is 2.88. The van der Waals surface area contributed by atoms with E-state index >= 15 is 0 Å². The van der Waals surface area contributed by atoms with Gasteiger partial charge in [0.2, 0.25) is 0 Å². The minimum atomic E-state index is 0.741. The van der Waals surface area contributed by atoms with Crippen LogP contribution in [-0.2, 0) is 0 Å². The molecule has 2 aliphatic carbocycles. The van der Waals surface area contributed by atoms with Crippen LogP contribution >= 0.6 is 0 Å². The number of nitrogens with zero attached hydrogens (tertiary/aromatic N) is 1. The van der Waals surface area contributed by atoms with Gasteiger partial charge in [0, 0.05) is 31.7 Å². The zero-order valence-electron chi connectivity index (χ0n) is 13.6. The largest absolute Gasteiger partial charge is 0.311 e. The minimum Gasteiger partial charge on any atom is -0.311 e. The van der Waals surface area contributed by atoms with Crippen LogP contribution in [-0.4, -0.2) is 36.6 Å². The molecular formula is C18H34N2. The van der Waals surface area contributed by atoms with Crippen LogP contribution in [0, 0.1) is 17.8 Å². The van der Waals surface area contributed by atoms with Gasteiger partial charge in [-0.2, -0.15) is 0 Å². The van der Waals surface area contributed by atoms with Gasteiger partial charge in [-0.3, -0.25) is 4.90 Å². The maximum atomic E-state index is 3.86. The summed E-state index contributed by atoms with van der Waals surface area (Å²) in [5, 5.41) is 3.86. The molecule has 0 aromatic rings. The number of piperazine rings is 1. The lowest BCUT2D eigenvalue weighted by molar-refractivity contribution is 0.0893. The lowest BCUT2D eigenvalue weighted by Crippen LogP contribution is -2.58. The van der Waals surface area contributed by atoms with E-state index in [4.69, 9.17) is 0 Å². The summed E-state index contributed by atoms with van der Waals surface area (Å²) in [6.07, 6.45) is 11.8. The molecule has 1 heterocycles. The lowest BCUT2D eigenvalue weighted by atomic mass is 9.82. The van der Waals surface area contributed by atoms with Crippen molar-refractivity contribution in [2.24, 2.45) is 17.8 Å². The molecule has 0 spiro atoms. The molecule has 1 aliphatic heterocycles. The van der Waals surface area contributed by atoms with Gasteiger partial charge in [0.1, 0.15) is 0 Å². The number of hydrogen-bond acceptors (Lipinski definition) is 2. The molecule has 20 heavy (non-hydrogen) atoms. The molecule has 0 amide bonds. The zero-order chi connectivity index (χ0) is 13.9. The summed E-state index contributed by atoms with van der Waals surface area (Å²) in [6.45, 7) is 8.76. The van der Waals surface area contributed by atoms with E-state index in [0.717, 1.165) is 29.8 Å². The standard InChI is InChI=1S/C18H34N2/c1-14-8-9-16(10-14)12-20-13-18(19-11-15(20)2)17-6-4-3-5-7-17/h14-19H,3-13H2,1-2H3. The molecule has 4 unspecified atom stereocenters. The highest BCUT2D eigenvalue weighted by Gasteiger charge is 2.33. The Kier molecular flexibility index (Phi) is 5.04. The third-order valence-electron chi connectivity index (χ3n) is 6.24. The minimum absolute atomic E-state index is 0.741. The second-order valence-electron chi connectivity index (χ2n) is 8.00. The van der Waals surface area contributed by atoms with E-state index in [1.54, 1.807) is 0 Å². The van der Waals surface area contributed by atoms with E-state index in [1.165, 1.54) is 71.0 Å². The monoisotopic (exact) mass is 278 g/mol. The fourth-order valence-electron chi connectivity index (χ4n) is 4.88. The van der Waals surface area contributed by atoms with Crippen molar-refractivity contribution in [1.82, 2.24) is 10.2 Å². The molecule has 4 atom stereocenters. The smallest absolute Gasteiger partial charge is 0.0224 e. The summed E-state index contributed by atoms with van der Waals surface area (Å²) < 4.78 is 0. The molecule has 1 N–H and O–H groups in total. The highest BCUT2D eigenvalue weighted by molar-refractivity contribution is 4.90. The maximum absolute atomic E-state index is 3.86. The normalized spacial score (nSPS) is 41.1. The summed E-state index contributed by atoms with van der Waals surface area (Å²) in [5.74, 6) is 2.92. The van der Waals surface area contributed by atoms with E-state index in [0.29, 0.717) is 0 Å².